The summed E-state index contributed by atoms with van der Waals surface area (Å²) in [4.78, 5) is 5.14. The molecule has 0 saturated carbocycles. The van der Waals surface area contributed by atoms with Crippen molar-refractivity contribution in [1.29, 1.82) is 0 Å². The number of β-amino-alcohol motifs (C(OH)–C–C–N with tert-alkyl or cyclic N) is 1. The van der Waals surface area contributed by atoms with E-state index in [0.717, 1.165) is 32.0 Å². The third kappa shape index (κ3) is 4.31. The molecule has 2 aliphatic rings. The molecule has 2 aliphatic heterocycles. The fourth-order valence-electron chi connectivity index (χ4n) is 4.31. The van der Waals surface area contributed by atoms with Crippen molar-refractivity contribution in [3.05, 3.63) is 65.2 Å². The average molecular weight is 380 g/mol. The van der Waals surface area contributed by atoms with Crippen molar-refractivity contribution in [2.45, 2.75) is 42.4 Å². The summed E-state index contributed by atoms with van der Waals surface area (Å²) in [6.07, 6.45) is 7.44. The number of aryl methyl sites for hydroxylation is 1. The molecule has 1 N–H and O–H groups in total. The van der Waals surface area contributed by atoms with Gasteiger partial charge in [0.15, 0.2) is 0 Å². The lowest BCUT2D eigenvalue weighted by Crippen LogP contribution is -2.35. The Morgan fingerprint density at radius 2 is 1.85 bits per heavy atom. The molecule has 0 aliphatic carbocycles. The summed E-state index contributed by atoms with van der Waals surface area (Å²) in [5, 5.41) is 9.10. The number of hydrogen-bond donors (Lipinski definition) is 1. The van der Waals surface area contributed by atoms with Gasteiger partial charge in [-0.05, 0) is 80.4 Å². The van der Waals surface area contributed by atoms with Gasteiger partial charge in [0, 0.05) is 16.3 Å². The Balaban J connectivity index is 1.49. The van der Waals surface area contributed by atoms with E-state index in [1.807, 2.05) is 11.8 Å². The van der Waals surface area contributed by atoms with Crippen molar-refractivity contribution in [2.24, 2.45) is 5.92 Å². The van der Waals surface area contributed by atoms with Gasteiger partial charge in [0.25, 0.3) is 0 Å². The number of piperidine rings is 1. The maximum absolute atomic E-state index is 9.10. The van der Waals surface area contributed by atoms with Gasteiger partial charge in [-0.2, -0.15) is 0 Å². The van der Waals surface area contributed by atoms with Gasteiger partial charge in [0.1, 0.15) is 0 Å². The molecule has 0 radical (unpaired) electrons. The summed E-state index contributed by atoms with van der Waals surface area (Å²) >= 11 is 1.89. The molecular weight excluding hydrogens is 350 g/mol. The summed E-state index contributed by atoms with van der Waals surface area (Å²) in [5.41, 5.74) is 5.53. The van der Waals surface area contributed by atoms with Crippen LogP contribution >= 0.6 is 11.8 Å². The van der Waals surface area contributed by atoms with Crippen LogP contribution in [0.25, 0.3) is 5.57 Å². The third-order valence-electron chi connectivity index (χ3n) is 5.87. The van der Waals surface area contributed by atoms with E-state index in [2.05, 4.69) is 60.4 Å². The van der Waals surface area contributed by atoms with Crippen LogP contribution in [-0.4, -0.2) is 36.2 Å². The zero-order valence-electron chi connectivity index (χ0n) is 16.2. The number of fused-ring (bicyclic) bond motifs is 2. The first kappa shape index (κ1) is 18.8. The van der Waals surface area contributed by atoms with Crippen LogP contribution < -0.4 is 0 Å². The van der Waals surface area contributed by atoms with Gasteiger partial charge >= 0.3 is 0 Å². The number of aliphatic hydroxyl groups is 1. The van der Waals surface area contributed by atoms with Gasteiger partial charge in [-0.1, -0.05) is 53.7 Å². The smallest absolute Gasteiger partial charge is 0.0558 e. The number of aliphatic hydroxyl groups excluding tert-OH is 1. The minimum atomic E-state index is 0.285. The Hall–Kier alpha value is -1.55. The zero-order valence-corrected chi connectivity index (χ0v) is 17.0. The second-order valence-corrected chi connectivity index (χ2v) is 8.89. The van der Waals surface area contributed by atoms with Gasteiger partial charge in [-0.25, -0.2) is 0 Å². The molecule has 0 spiro atoms. The molecule has 0 atom stereocenters. The summed E-state index contributed by atoms with van der Waals surface area (Å²) in [6.45, 7) is 5.59. The molecule has 4 rings (SSSR count). The fraction of sp³-hybridized carbons (Fsp3) is 0.417. The summed E-state index contributed by atoms with van der Waals surface area (Å²) in [5.74, 6) is 0.821. The summed E-state index contributed by atoms with van der Waals surface area (Å²) in [7, 11) is 0. The highest BCUT2D eigenvalue weighted by molar-refractivity contribution is 7.99. The van der Waals surface area contributed by atoms with Gasteiger partial charge < -0.3 is 10.0 Å². The average Bonchev–Trinajstić information content (AvgIpc) is 2.69. The first-order chi connectivity index (χ1) is 13.2. The second-order valence-electron chi connectivity index (χ2n) is 7.80. The first-order valence-corrected chi connectivity index (χ1v) is 11.0. The van der Waals surface area contributed by atoms with Crippen molar-refractivity contribution >= 4 is 17.3 Å². The van der Waals surface area contributed by atoms with E-state index in [1.54, 1.807) is 0 Å². The molecule has 2 aromatic carbocycles. The molecule has 2 nitrogen and oxygen atoms in total. The van der Waals surface area contributed by atoms with Crippen LogP contribution in [0.2, 0.25) is 0 Å². The highest BCUT2D eigenvalue weighted by atomic mass is 32.2. The lowest BCUT2D eigenvalue weighted by Gasteiger charge is -2.31. The number of likely N-dealkylation sites (tertiary alicyclic amines) is 1. The van der Waals surface area contributed by atoms with E-state index in [1.165, 1.54) is 51.3 Å². The molecule has 2 heterocycles. The van der Waals surface area contributed by atoms with Crippen molar-refractivity contribution in [1.82, 2.24) is 4.90 Å². The van der Waals surface area contributed by atoms with Crippen molar-refractivity contribution < 1.29 is 5.11 Å². The van der Waals surface area contributed by atoms with E-state index in [0.29, 0.717) is 0 Å². The van der Waals surface area contributed by atoms with Crippen LogP contribution in [0.5, 0.6) is 0 Å². The van der Waals surface area contributed by atoms with Crippen molar-refractivity contribution in [2.75, 3.05) is 26.2 Å². The Morgan fingerprint density at radius 1 is 1.07 bits per heavy atom. The van der Waals surface area contributed by atoms with E-state index >= 15 is 0 Å². The minimum absolute atomic E-state index is 0.285. The Labute approximate surface area is 167 Å². The van der Waals surface area contributed by atoms with Gasteiger partial charge in [0.05, 0.1) is 6.61 Å². The van der Waals surface area contributed by atoms with Crippen LogP contribution in [0.3, 0.4) is 0 Å². The monoisotopic (exact) mass is 379 g/mol. The lowest BCUT2D eigenvalue weighted by atomic mass is 9.90. The van der Waals surface area contributed by atoms with Crippen molar-refractivity contribution in [3.8, 4) is 0 Å². The molecule has 0 unspecified atom stereocenters. The van der Waals surface area contributed by atoms with E-state index in [9.17, 15) is 0 Å². The fourth-order valence-corrected chi connectivity index (χ4v) is 5.39. The number of rotatable bonds is 5. The molecule has 142 valence electrons. The zero-order chi connectivity index (χ0) is 18.6. The highest BCUT2D eigenvalue weighted by Crippen LogP contribution is 2.45. The largest absolute Gasteiger partial charge is 0.395 e. The molecule has 0 bridgehead atoms. The first-order valence-electron chi connectivity index (χ1n) is 10.2. The second kappa shape index (κ2) is 8.64. The number of hydrogen-bond acceptors (Lipinski definition) is 3. The highest BCUT2D eigenvalue weighted by Gasteiger charge is 2.21. The van der Waals surface area contributed by atoms with Gasteiger partial charge in [-0.15, -0.1) is 0 Å². The van der Waals surface area contributed by atoms with Crippen LogP contribution in [0.1, 0.15) is 42.4 Å². The van der Waals surface area contributed by atoms with Crippen LogP contribution in [0, 0.1) is 12.8 Å². The minimum Gasteiger partial charge on any atom is -0.395 e. The number of benzene rings is 2. The van der Waals surface area contributed by atoms with Crippen LogP contribution in [0.4, 0.5) is 0 Å². The summed E-state index contributed by atoms with van der Waals surface area (Å²) < 4.78 is 0. The molecule has 27 heavy (non-hydrogen) atoms. The number of allylic oxidation sites excluding steroid dienone is 1. The Morgan fingerprint density at radius 3 is 2.67 bits per heavy atom. The molecular formula is C24H29NOS. The van der Waals surface area contributed by atoms with E-state index in [4.69, 9.17) is 5.11 Å². The van der Waals surface area contributed by atoms with E-state index in [-0.39, 0.29) is 6.61 Å². The molecule has 1 fully saturated rings. The molecule has 1 saturated heterocycles. The molecule has 0 aromatic heterocycles. The molecule has 3 heteroatoms. The standard InChI is InChI=1S/C24H29NOS/c1-18-9-10-24-22(17-18)20(21-6-2-3-8-23(21)27-24)7-4-5-19-11-13-25(14-12-19)15-16-26/h2-3,6-10,17,19,26H,4-5,11-16H2,1H3/b20-7+. The third-order valence-corrected chi connectivity index (χ3v) is 7.02. The normalized spacial score (nSPS) is 19.1. The van der Waals surface area contributed by atoms with Crippen molar-refractivity contribution in [3.63, 3.8) is 0 Å². The molecule has 2 aromatic rings. The van der Waals surface area contributed by atoms with Crippen LogP contribution in [-0.2, 0) is 0 Å². The van der Waals surface area contributed by atoms with Gasteiger partial charge in [-0.3, -0.25) is 0 Å². The number of nitrogens with zero attached hydrogens (tertiary/aromatic N) is 1. The Kier molecular flexibility index (Phi) is 6.01. The predicted octanol–water partition coefficient (Wildman–Crippen LogP) is 5.38. The Bertz CT molecular complexity index is 821. The maximum Gasteiger partial charge on any atom is 0.0558 e. The maximum atomic E-state index is 9.10. The molecule has 0 amide bonds. The lowest BCUT2D eigenvalue weighted by molar-refractivity contribution is 0.145. The van der Waals surface area contributed by atoms with Crippen LogP contribution in [0.15, 0.2) is 58.3 Å². The predicted molar refractivity (Wildman–Crippen MR) is 114 cm³/mol. The van der Waals surface area contributed by atoms with E-state index < -0.39 is 0 Å². The SMILES string of the molecule is Cc1ccc2c(c1)/C(=C/CCC1CCN(CCO)CC1)c1ccccc1S2. The summed E-state index contributed by atoms with van der Waals surface area (Å²) in [6, 6.07) is 15.7. The topological polar surface area (TPSA) is 23.5 Å². The quantitative estimate of drug-likeness (QED) is 0.644. The van der Waals surface area contributed by atoms with Gasteiger partial charge in [0.2, 0.25) is 0 Å².